The van der Waals surface area contributed by atoms with Gasteiger partial charge in [-0.2, -0.15) is 0 Å². The summed E-state index contributed by atoms with van der Waals surface area (Å²) in [6.07, 6.45) is -3.22. The van der Waals surface area contributed by atoms with Gasteiger partial charge in [-0.25, -0.2) is 8.42 Å². The molecule has 0 saturated carbocycles. The summed E-state index contributed by atoms with van der Waals surface area (Å²) >= 11 is 0. The quantitative estimate of drug-likeness (QED) is 0.172. The van der Waals surface area contributed by atoms with Gasteiger partial charge in [-0.3, -0.25) is 14.4 Å². The first-order valence-electron chi connectivity index (χ1n) is 17.9. The minimum atomic E-state index is -4.18. The highest BCUT2D eigenvalue weighted by Crippen LogP contribution is 2.39. The smallest absolute Gasteiger partial charge is 0.309 e. The van der Waals surface area contributed by atoms with Crippen LogP contribution in [0.25, 0.3) is 0 Å². The van der Waals surface area contributed by atoms with Crippen LogP contribution < -0.4 is 4.74 Å². The normalized spacial score (nSPS) is 28.6. The number of aldehydes is 1. The molecule has 280 valence electrons. The Labute approximate surface area is 307 Å². The second-order valence-corrected chi connectivity index (χ2v) is 16.7. The second kappa shape index (κ2) is 17.3. The first kappa shape index (κ1) is 39.3. The van der Waals surface area contributed by atoms with Crippen LogP contribution in [0.5, 0.6) is 5.75 Å². The highest BCUT2D eigenvalue weighted by molar-refractivity contribution is 7.92. The van der Waals surface area contributed by atoms with E-state index < -0.39 is 68.7 Å². The van der Waals surface area contributed by atoms with Crippen molar-refractivity contribution in [1.82, 2.24) is 0 Å². The summed E-state index contributed by atoms with van der Waals surface area (Å²) in [5, 5.41) is -1.44. The summed E-state index contributed by atoms with van der Waals surface area (Å²) in [6, 6.07) is 24.9. The van der Waals surface area contributed by atoms with E-state index in [1.54, 1.807) is 58.2 Å². The molecule has 2 aliphatic heterocycles. The van der Waals surface area contributed by atoms with E-state index in [1.165, 1.54) is 12.1 Å². The Balaban J connectivity index is 1.51. The highest BCUT2D eigenvalue weighted by Gasteiger charge is 2.47. The molecule has 3 aromatic rings. The zero-order valence-electron chi connectivity index (χ0n) is 30.5. The van der Waals surface area contributed by atoms with E-state index in [1.807, 2.05) is 49.4 Å². The number of ether oxygens (including phenoxy) is 5. The fraction of sp³-hybridized carbons (Fsp3) is 0.488. The average molecular weight is 735 g/mol. The van der Waals surface area contributed by atoms with Gasteiger partial charge in [0.25, 0.3) is 0 Å². The van der Waals surface area contributed by atoms with E-state index >= 15 is 0 Å². The lowest BCUT2D eigenvalue weighted by Crippen LogP contribution is -2.50. The molecule has 0 radical (unpaired) electrons. The summed E-state index contributed by atoms with van der Waals surface area (Å²) in [7, 11) is -2.60. The molecule has 0 aliphatic carbocycles. The summed E-state index contributed by atoms with van der Waals surface area (Å²) in [4.78, 5) is 40.9. The molecule has 8 atom stereocenters. The third kappa shape index (κ3) is 9.36. The Hall–Kier alpha value is -3.90. The largest absolute Gasteiger partial charge is 0.497 e. The Kier molecular flexibility index (Phi) is 13.1. The van der Waals surface area contributed by atoms with Crippen LogP contribution in [-0.2, 0) is 56.4 Å². The van der Waals surface area contributed by atoms with Crippen molar-refractivity contribution < 1.29 is 46.5 Å². The fourth-order valence-corrected chi connectivity index (χ4v) is 8.96. The number of fused-ring (bicyclic) bond motifs is 2. The van der Waals surface area contributed by atoms with Gasteiger partial charge in [0.15, 0.2) is 28.0 Å². The molecular formula is C41H50O10S. The van der Waals surface area contributed by atoms with Crippen LogP contribution in [0.4, 0.5) is 0 Å². The van der Waals surface area contributed by atoms with Gasteiger partial charge < -0.3 is 23.7 Å². The number of hydrogen-bond donors (Lipinski definition) is 0. The topological polar surface area (TPSA) is 132 Å². The lowest BCUT2D eigenvalue weighted by molar-refractivity contribution is -0.183. The molecule has 5 rings (SSSR count). The summed E-state index contributed by atoms with van der Waals surface area (Å²) in [5.41, 5.74) is 0.672. The number of sulfone groups is 1. The maximum atomic E-state index is 14.6. The van der Waals surface area contributed by atoms with Crippen molar-refractivity contribution in [2.24, 2.45) is 17.3 Å². The van der Waals surface area contributed by atoms with Gasteiger partial charge in [0.2, 0.25) is 0 Å². The summed E-state index contributed by atoms with van der Waals surface area (Å²) in [5.74, 6) is -1.54. The number of hydrogen-bond acceptors (Lipinski definition) is 10. The Morgan fingerprint density at radius 3 is 2.08 bits per heavy atom. The molecule has 2 heterocycles. The molecule has 0 amide bonds. The Morgan fingerprint density at radius 1 is 0.827 bits per heavy atom. The van der Waals surface area contributed by atoms with Gasteiger partial charge in [-0.1, -0.05) is 88.4 Å². The van der Waals surface area contributed by atoms with Crippen LogP contribution in [0.2, 0.25) is 0 Å². The number of cyclic esters (lactones) is 1. The Morgan fingerprint density at radius 2 is 1.44 bits per heavy atom. The molecule has 2 saturated heterocycles. The third-order valence-electron chi connectivity index (χ3n) is 10.6. The van der Waals surface area contributed by atoms with Crippen LogP contribution in [0.1, 0.15) is 64.5 Å². The first-order valence-corrected chi connectivity index (χ1v) is 19.4. The van der Waals surface area contributed by atoms with Gasteiger partial charge >= 0.3 is 5.97 Å². The Bertz CT molecular complexity index is 1740. The number of ketones is 1. The maximum Gasteiger partial charge on any atom is 0.309 e. The summed E-state index contributed by atoms with van der Waals surface area (Å²) in [6.45, 7) is 7.54. The predicted molar refractivity (Wildman–Crippen MR) is 194 cm³/mol. The van der Waals surface area contributed by atoms with Crippen LogP contribution in [0.15, 0.2) is 89.8 Å². The molecule has 2 unspecified atom stereocenters. The standard InChI is InChI=1S/C41H50O10S/c1-27-20-37(49-26-30-16-18-31(47-5)19-17-30)41(3,4)38(24-42)51-39(43)23-35-28(2)34(48-25-29-12-8-6-9-13-29)21-32(50-35)22-36(40(27)44)52(45,46)33-14-10-7-11-15-33/h6-19,24,27-28,32,34-38H,20-23,25-26H2,1-5H3/t27-,28-,32+,34+,35+,36?,37?,38-/m1/s1. The monoisotopic (exact) mass is 734 g/mol. The van der Waals surface area contributed by atoms with Gasteiger partial charge in [-0.05, 0) is 48.2 Å². The number of rotatable bonds is 10. The molecule has 11 heteroatoms. The van der Waals surface area contributed by atoms with Crippen LogP contribution >= 0.6 is 0 Å². The number of methoxy groups -OCH3 is 1. The van der Waals surface area contributed by atoms with E-state index in [4.69, 9.17) is 23.7 Å². The molecule has 2 bridgehead atoms. The van der Waals surface area contributed by atoms with E-state index in [0.717, 1.165) is 11.1 Å². The number of esters is 1. The van der Waals surface area contributed by atoms with E-state index in [9.17, 15) is 22.8 Å². The van der Waals surface area contributed by atoms with Crippen molar-refractivity contribution in [3.05, 3.63) is 96.1 Å². The number of carbonyl (C=O) groups is 3. The zero-order valence-corrected chi connectivity index (χ0v) is 31.3. The van der Waals surface area contributed by atoms with Crippen molar-refractivity contribution in [1.29, 1.82) is 0 Å². The molecule has 52 heavy (non-hydrogen) atoms. The predicted octanol–water partition coefficient (Wildman–Crippen LogP) is 6.33. The SMILES string of the molecule is COc1ccc(COC2C[C@@H](C)C(=O)C(S(=O)(=O)c3ccccc3)C[C@@H]3C[C@H](OCc4ccccc4)[C@@H](C)[C@H](CC(=O)O[C@H](C=O)C2(C)C)O3)cc1. The van der Waals surface area contributed by atoms with Crippen molar-refractivity contribution >= 4 is 27.9 Å². The molecule has 2 aliphatic rings. The molecule has 0 N–H and O–H groups in total. The van der Waals surface area contributed by atoms with Crippen molar-refractivity contribution in [2.75, 3.05) is 7.11 Å². The average Bonchev–Trinajstić information content (AvgIpc) is 3.15. The first-order chi connectivity index (χ1) is 24.8. The van der Waals surface area contributed by atoms with Gasteiger partial charge in [0.1, 0.15) is 11.0 Å². The molecular weight excluding hydrogens is 685 g/mol. The van der Waals surface area contributed by atoms with E-state index in [-0.39, 0.29) is 36.7 Å². The lowest BCUT2D eigenvalue weighted by atomic mass is 9.76. The molecule has 3 aromatic carbocycles. The van der Waals surface area contributed by atoms with Crippen LogP contribution in [0, 0.1) is 17.3 Å². The third-order valence-corrected chi connectivity index (χ3v) is 12.7. The molecule has 2 fully saturated rings. The number of carbonyl (C=O) groups excluding carboxylic acids is 3. The van der Waals surface area contributed by atoms with Crippen molar-refractivity contribution in [3.8, 4) is 5.75 Å². The summed E-state index contributed by atoms with van der Waals surface area (Å²) < 4.78 is 59.1. The molecule has 10 nitrogen and oxygen atoms in total. The van der Waals surface area contributed by atoms with Gasteiger partial charge in [0.05, 0.1) is 56.1 Å². The van der Waals surface area contributed by atoms with Crippen LogP contribution in [-0.4, -0.2) is 69.3 Å². The van der Waals surface area contributed by atoms with E-state index in [2.05, 4.69) is 0 Å². The number of Topliss-reactive ketones (excluding diaryl/α,β-unsaturated/α-hetero) is 1. The minimum Gasteiger partial charge on any atom is -0.497 e. The number of benzene rings is 3. The highest BCUT2D eigenvalue weighted by atomic mass is 32.2. The maximum absolute atomic E-state index is 14.6. The van der Waals surface area contributed by atoms with Gasteiger partial charge in [0, 0.05) is 23.7 Å². The molecule has 0 aromatic heterocycles. The second-order valence-electron chi connectivity index (χ2n) is 14.6. The lowest BCUT2D eigenvalue weighted by Gasteiger charge is -2.42. The molecule has 0 spiro atoms. The van der Waals surface area contributed by atoms with Crippen molar-refractivity contribution in [3.63, 3.8) is 0 Å². The minimum absolute atomic E-state index is 0.0384. The van der Waals surface area contributed by atoms with Gasteiger partial charge in [-0.15, -0.1) is 0 Å². The van der Waals surface area contributed by atoms with Crippen molar-refractivity contribution in [2.45, 2.75) is 107 Å². The fourth-order valence-electron chi connectivity index (χ4n) is 7.08. The zero-order chi connectivity index (χ0) is 37.5. The van der Waals surface area contributed by atoms with Crippen LogP contribution in [0.3, 0.4) is 0 Å². The van der Waals surface area contributed by atoms with E-state index in [0.29, 0.717) is 25.1 Å².